The maximum atomic E-state index is 12.1. The first-order valence-corrected chi connectivity index (χ1v) is 5.35. The van der Waals surface area contributed by atoms with Crippen LogP contribution in [0.4, 0.5) is 0 Å². The second-order valence-electron chi connectivity index (χ2n) is 4.20. The highest BCUT2D eigenvalue weighted by Gasteiger charge is 2.43. The number of H-pyrrole nitrogens is 1. The van der Waals surface area contributed by atoms with Crippen molar-refractivity contribution in [2.24, 2.45) is 0 Å². The van der Waals surface area contributed by atoms with Gasteiger partial charge in [-0.3, -0.25) is 14.7 Å². The average Bonchev–Trinajstić information content (AvgIpc) is 2.90. The summed E-state index contributed by atoms with van der Waals surface area (Å²) in [5.74, 6) is -0.0291. The number of nitrogens with one attached hydrogen (secondary N) is 2. The molecule has 6 heteroatoms. The highest BCUT2D eigenvalue weighted by Crippen LogP contribution is 2.26. The van der Waals surface area contributed by atoms with Crippen LogP contribution in [-0.4, -0.2) is 45.5 Å². The van der Waals surface area contributed by atoms with Crippen LogP contribution in [0.15, 0.2) is 12.3 Å². The van der Waals surface area contributed by atoms with Crippen molar-refractivity contribution in [3.8, 4) is 0 Å². The molecule has 0 aromatic carbocycles. The van der Waals surface area contributed by atoms with E-state index in [1.807, 2.05) is 0 Å². The number of fused-ring (bicyclic) bond motifs is 1. The van der Waals surface area contributed by atoms with Crippen LogP contribution in [0.25, 0.3) is 0 Å². The molecule has 3 rings (SSSR count). The molecule has 2 atom stereocenters. The van der Waals surface area contributed by atoms with Gasteiger partial charge in [-0.25, -0.2) is 0 Å². The fourth-order valence-electron chi connectivity index (χ4n) is 2.51. The summed E-state index contributed by atoms with van der Waals surface area (Å²) in [4.78, 5) is 25.1. The summed E-state index contributed by atoms with van der Waals surface area (Å²) in [6, 6.07) is 1.81. The van der Waals surface area contributed by atoms with Crippen LogP contribution in [0.1, 0.15) is 23.3 Å². The van der Waals surface area contributed by atoms with E-state index in [2.05, 4.69) is 15.5 Å². The first-order valence-electron chi connectivity index (χ1n) is 5.35. The van der Waals surface area contributed by atoms with Crippen LogP contribution in [0.2, 0.25) is 0 Å². The van der Waals surface area contributed by atoms with Crippen LogP contribution in [0, 0.1) is 0 Å². The van der Waals surface area contributed by atoms with Crippen LogP contribution in [0.5, 0.6) is 0 Å². The number of aromatic amines is 1. The molecule has 16 heavy (non-hydrogen) atoms. The summed E-state index contributed by atoms with van der Waals surface area (Å²) in [5.41, 5.74) is 0.486. The summed E-state index contributed by atoms with van der Waals surface area (Å²) < 4.78 is 0. The van der Waals surface area contributed by atoms with E-state index in [9.17, 15) is 9.59 Å². The SMILES string of the molecule is O=C1C[C@H]2[C@@H](CCN2C(=O)c2ccn[nH]2)N1. The summed E-state index contributed by atoms with van der Waals surface area (Å²) in [7, 11) is 0. The molecule has 1 aromatic heterocycles. The molecular formula is C10H12N4O2. The summed E-state index contributed by atoms with van der Waals surface area (Å²) in [6.45, 7) is 0.702. The smallest absolute Gasteiger partial charge is 0.272 e. The first-order chi connectivity index (χ1) is 7.75. The van der Waals surface area contributed by atoms with E-state index in [4.69, 9.17) is 0 Å². The van der Waals surface area contributed by atoms with Crippen LogP contribution < -0.4 is 5.32 Å². The third-order valence-corrected chi connectivity index (χ3v) is 3.28. The number of amides is 2. The minimum Gasteiger partial charge on any atom is -0.351 e. The van der Waals surface area contributed by atoms with Crippen molar-refractivity contribution in [3.05, 3.63) is 18.0 Å². The highest BCUT2D eigenvalue weighted by molar-refractivity contribution is 5.93. The Kier molecular flexibility index (Phi) is 1.95. The van der Waals surface area contributed by atoms with Crippen molar-refractivity contribution >= 4 is 11.8 Å². The molecule has 2 N–H and O–H groups in total. The molecule has 2 amide bonds. The Bertz CT molecular complexity index is 428. The fourth-order valence-corrected chi connectivity index (χ4v) is 2.51. The van der Waals surface area contributed by atoms with Gasteiger partial charge in [-0.2, -0.15) is 5.10 Å². The topological polar surface area (TPSA) is 78.1 Å². The van der Waals surface area contributed by atoms with Gasteiger partial charge in [-0.1, -0.05) is 0 Å². The van der Waals surface area contributed by atoms with Crippen molar-refractivity contribution in [2.75, 3.05) is 6.54 Å². The number of aromatic nitrogens is 2. The third-order valence-electron chi connectivity index (χ3n) is 3.28. The van der Waals surface area contributed by atoms with Gasteiger partial charge < -0.3 is 10.2 Å². The van der Waals surface area contributed by atoms with E-state index in [0.29, 0.717) is 18.7 Å². The average molecular weight is 220 g/mol. The quantitative estimate of drug-likeness (QED) is 0.670. The Morgan fingerprint density at radius 2 is 2.44 bits per heavy atom. The van der Waals surface area contributed by atoms with E-state index >= 15 is 0 Å². The Hall–Kier alpha value is -1.85. The minimum atomic E-state index is -0.0681. The first kappa shape index (κ1) is 9.38. The normalized spacial score (nSPS) is 28.0. The van der Waals surface area contributed by atoms with E-state index < -0.39 is 0 Å². The van der Waals surface area contributed by atoms with Gasteiger partial charge in [0, 0.05) is 19.2 Å². The molecule has 2 aliphatic rings. The number of carbonyl (C=O) groups is 2. The molecule has 0 aliphatic carbocycles. The molecule has 0 saturated carbocycles. The highest BCUT2D eigenvalue weighted by atomic mass is 16.2. The molecule has 3 heterocycles. The van der Waals surface area contributed by atoms with Crippen molar-refractivity contribution in [1.82, 2.24) is 20.4 Å². The molecule has 1 aromatic rings. The van der Waals surface area contributed by atoms with Gasteiger partial charge in [0.05, 0.1) is 12.1 Å². The van der Waals surface area contributed by atoms with E-state index in [1.54, 1.807) is 17.2 Å². The number of carbonyl (C=O) groups excluding carboxylic acids is 2. The van der Waals surface area contributed by atoms with Crippen molar-refractivity contribution in [3.63, 3.8) is 0 Å². The van der Waals surface area contributed by atoms with Crippen LogP contribution in [-0.2, 0) is 4.79 Å². The predicted molar refractivity (Wildman–Crippen MR) is 54.6 cm³/mol. The zero-order valence-electron chi connectivity index (χ0n) is 8.64. The van der Waals surface area contributed by atoms with E-state index in [0.717, 1.165) is 6.42 Å². The van der Waals surface area contributed by atoms with Crippen molar-refractivity contribution < 1.29 is 9.59 Å². The third kappa shape index (κ3) is 1.30. The number of hydrogen-bond acceptors (Lipinski definition) is 3. The van der Waals surface area contributed by atoms with Gasteiger partial charge in [0.15, 0.2) is 0 Å². The minimum absolute atomic E-state index is 0.0169. The van der Waals surface area contributed by atoms with Gasteiger partial charge in [0.25, 0.3) is 5.91 Å². The van der Waals surface area contributed by atoms with Gasteiger partial charge in [-0.15, -0.1) is 0 Å². The van der Waals surface area contributed by atoms with Crippen molar-refractivity contribution in [1.29, 1.82) is 0 Å². The lowest BCUT2D eigenvalue weighted by molar-refractivity contribution is -0.119. The number of hydrogen-bond donors (Lipinski definition) is 2. The Morgan fingerprint density at radius 3 is 3.19 bits per heavy atom. The molecular weight excluding hydrogens is 208 g/mol. The maximum absolute atomic E-state index is 12.1. The lowest BCUT2D eigenvalue weighted by Gasteiger charge is -2.21. The zero-order valence-corrected chi connectivity index (χ0v) is 8.64. The van der Waals surface area contributed by atoms with Crippen molar-refractivity contribution in [2.45, 2.75) is 24.9 Å². The summed E-state index contributed by atoms with van der Waals surface area (Å²) >= 11 is 0. The largest absolute Gasteiger partial charge is 0.351 e. The Morgan fingerprint density at radius 1 is 1.56 bits per heavy atom. The van der Waals surface area contributed by atoms with Gasteiger partial charge in [0.1, 0.15) is 5.69 Å². The van der Waals surface area contributed by atoms with E-state index in [1.165, 1.54) is 0 Å². The lowest BCUT2D eigenvalue weighted by Crippen LogP contribution is -2.38. The molecule has 0 unspecified atom stereocenters. The zero-order chi connectivity index (χ0) is 11.1. The maximum Gasteiger partial charge on any atom is 0.272 e. The van der Waals surface area contributed by atoms with Gasteiger partial charge in [0.2, 0.25) is 5.91 Å². The fraction of sp³-hybridized carbons (Fsp3) is 0.500. The molecule has 2 aliphatic heterocycles. The Labute approximate surface area is 92.0 Å². The number of likely N-dealkylation sites (tertiary alicyclic amines) is 1. The molecule has 6 nitrogen and oxygen atoms in total. The van der Waals surface area contributed by atoms with Crippen LogP contribution in [0.3, 0.4) is 0 Å². The molecule has 2 fully saturated rings. The van der Waals surface area contributed by atoms with E-state index in [-0.39, 0.29) is 23.9 Å². The summed E-state index contributed by atoms with van der Waals surface area (Å²) in [6.07, 6.45) is 2.82. The molecule has 0 spiro atoms. The number of rotatable bonds is 1. The van der Waals surface area contributed by atoms with Gasteiger partial charge in [-0.05, 0) is 12.5 Å². The number of nitrogens with zero attached hydrogens (tertiary/aromatic N) is 2. The Balaban J connectivity index is 1.81. The van der Waals surface area contributed by atoms with Gasteiger partial charge >= 0.3 is 0 Å². The second-order valence-corrected chi connectivity index (χ2v) is 4.20. The molecule has 0 bridgehead atoms. The second kappa shape index (κ2) is 3.33. The molecule has 84 valence electrons. The molecule has 2 saturated heterocycles. The predicted octanol–water partition coefficient (Wildman–Crippen LogP) is -0.487. The molecule has 0 radical (unpaired) electrons. The lowest BCUT2D eigenvalue weighted by atomic mass is 10.1. The monoisotopic (exact) mass is 220 g/mol. The standard InChI is InChI=1S/C10H12N4O2/c15-9-5-8-6(12-9)2-4-14(8)10(16)7-1-3-11-13-7/h1,3,6,8H,2,4-5H2,(H,11,13)(H,12,15)/t6-,8+/m1/s1. The van der Waals surface area contributed by atoms with Crippen LogP contribution >= 0.6 is 0 Å². The summed E-state index contributed by atoms with van der Waals surface area (Å²) in [5, 5.41) is 9.31.